The van der Waals surface area contributed by atoms with Crippen molar-refractivity contribution in [1.82, 2.24) is 5.32 Å². The average Bonchev–Trinajstić information content (AvgIpc) is 2.87. The van der Waals surface area contributed by atoms with Crippen molar-refractivity contribution >= 4 is 11.6 Å². The summed E-state index contributed by atoms with van der Waals surface area (Å²) in [5, 5.41) is 4.31. The maximum Gasteiger partial charge on any atom is 0.123 e. The number of hydrogen-bond acceptors (Lipinski definition) is 2. The van der Waals surface area contributed by atoms with Crippen LogP contribution in [0.2, 0.25) is 5.02 Å². The summed E-state index contributed by atoms with van der Waals surface area (Å²) in [6.45, 7) is 3.01. The molecule has 0 spiro atoms. The Balaban J connectivity index is 1.56. The number of halogens is 1. The summed E-state index contributed by atoms with van der Waals surface area (Å²) in [6, 6.07) is 16.6. The van der Waals surface area contributed by atoms with Crippen molar-refractivity contribution in [2.24, 2.45) is 0 Å². The molecule has 1 N–H and O–H groups in total. The monoisotopic (exact) mass is 287 g/mol. The molecule has 0 bridgehead atoms. The van der Waals surface area contributed by atoms with Crippen molar-refractivity contribution in [3.8, 4) is 5.75 Å². The molecule has 1 aliphatic heterocycles. The first-order chi connectivity index (χ1) is 9.72. The fourth-order valence-electron chi connectivity index (χ4n) is 2.57. The van der Waals surface area contributed by atoms with Crippen molar-refractivity contribution < 1.29 is 4.74 Å². The quantitative estimate of drug-likeness (QED) is 0.918. The maximum absolute atomic E-state index is 6.01. The Morgan fingerprint density at radius 1 is 1.25 bits per heavy atom. The molecule has 0 radical (unpaired) electrons. The predicted octanol–water partition coefficient (Wildman–Crippen LogP) is 3.99. The van der Waals surface area contributed by atoms with E-state index in [2.05, 4.69) is 36.5 Å². The minimum Gasteiger partial charge on any atom is -0.488 e. The van der Waals surface area contributed by atoms with E-state index in [0.717, 1.165) is 23.7 Å². The van der Waals surface area contributed by atoms with E-state index in [9.17, 15) is 0 Å². The summed E-state index contributed by atoms with van der Waals surface area (Å²) in [4.78, 5) is 0. The van der Waals surface area contributed by atoms with Gasteiger partial charge in [0.15, 0.2) is 0 Å². The first-order valence-corrected chi connectivity index (χ1v) is 7.33. The average molecular weight is 288 g/mol. The molecule has 0 fully saturated rings. The van der Waals surface area contributed by atoms with Crippen LogP contribution in [0.15, 0.2) is 48.5 Å². The molecule has 20 heavy (non-hydrogen) atoms. The van der Waals surface area contributed by atoms with E-state index >= 15 is 0 Å². The zero-order valence-electron chi connectivity index (χ0n) is 11.5. The second kappa shape index (κ2) is 5.86. The zero-order chi connectivity index (χ0) is 13.9. The SMILES string of the molecule is C[C@@H](NCC1Cc2cc(Cl)ccc2O1)c1ccccc1. The highest BCUT2D eigenvalue weighted by Crippen LogP contribution is 2.31. The van der Waals surface area contributed by atoms with Gasteiger partial charge in [0.05, 0.1) is 0 Å². The normalized spacial score (nSPS) is 18.4. The van der Waals surface area contributed by atoms with E-state index < -0.39 is 0 Å². The van der Waals surface area contributed by atoms with Gasteiger partial charge in [-0.2, -0.15) is 0 Å². The van der Waals surface area contributed by atoms with Crippen molar-refractivity contribution in [3.63, 3.8) is 0 Å². The van der Waals surface area contributed by atoms with Crippen LogP contribution in [0.25, 0.3) is 0 Å². The van der Waals surface area contributed by atoms with Gasteiger partial charge in [0.2, 0.25) is 0 Å². The minimum atomic E-state index is 0.189. The number of ether oxygens (including phenoxy) is 1. The highest BCUT2D eigenvalue weighted by molar-refractivity contribution is 6.30. The van der Waals surface area contributed by atoms with E-state index in [4.69, 9.17) is 16.3 Å². The molecule has 104 valence electrons. The Hall–Kier alpha value is -1.51. The van der Waals surface area contributed by atoms with Crippen molar-refractivity contribution in [3.05, 3.63) is 64.7 Å². The summed E-state index contributed by atoms with van der Waals surface area (Å²) < 4.78 is 5.93. The lowest BCUT2D eigenvalue weighted by molar-refractivity contribution is 0.222. The van der Waals surface area contributed by atoms with E-state index in [1.54, 1.807) is 0 Å². The molecule has 3 rings (SSSR count). The lowest BCUT2D eigenvalue weighted by atomic mass is 10.1. The van der Waals surface area contributed by atoms with Crippen LogP contribution < -0.4 is 10.1 Å². The summed E-state index contributed by atoms with van der Waals surface area (Å²) in [7, 11) is 0. The van der Waals surface area contributed by atoms with Gasteiger partial charge in [-0.3, -0.25) is 0 Å². The Morgan fingerprint density at radius 2 is 2.05 bits per heavy atom. The van der Waals surface area contributed by atoms with E-state index in [1.807, 2.05) is 24.3 Å². The molecule has 1 unspecified atom stereocenters. The van der Waals surface area contributed by atoms with E-state index in [0.29, 0.717) is 6.04 Å². The van der Waals surface area contributed by atoms with Gasteiger partial charge in [-0.25, -0.2) is 0 Å². The largest absolute Gasteiger partial charge is 0.488 e. The van der Waals surface area contributed by atoms with E-state index in [1.165, 1.54) is 11.1 Å². The summed E-state index contributed by atoms with van der Waals surface area (Å²) >= 11 is 6.01. The second-order valence-electron chi connectivity index (χ2n) is 5.24. The van der Waals surface area contributed by atoms with Gasteiger partial charge in [0.1, 0.15) is 11.9 Å². The van der Waals surface area contributed by atoms with Crippen molar-refractivity contribution in [1.29, 1.82) is 0 Å². The third kappa shape index (κ3) is 2.97. The molecule has 0 aromatic heterocycles. The van der Waals surface area contributed by atoms with Gasteiger partial charge < -0.3 is 10.1 Å². The number of nitrogens with one attached hydrogen (secondary N) is 1. The Bertz CT molecular complexity index is 585. The molecule has 3 heteroatoms. The number of benzene rings is 2. The third-order valence-corrected chi connectivity index (χ3v) is 3.95. The minimum absolute atomic E-state index is 0.189. The maximum atomic E-state index is 6.01. The van der Waals surface area contributed by atoms with Crippen molar-refractivity contribution in [2.45, 2.75) is 25.5 Å². The lowest BCUT2D eigenvalue weighted by Crippen LogP contribution is -2.31. The standard InChI is InChI=1S/C17H18ClNO/c1-12(13-5-3-2-4-6-13)19-11-16-10-14-9-15(18)7-8-17(14)20-16/h2-9,12,16,19H,10-11H2,1H3/t12-,16?/m1/s1. The van der Waals surface area contributed by atoms with Gasteiger partial charge in [0.25, 0.3) is 0 Å². The van der Waals surface area contributed by atoms with Gasteiger partial charge in [-0.1, -0.05) is 41.9 Å². The predicted molar refractivity (Wildman–Crippen MR) is 82.4 cm³/mol. The molecule has 1 aliphatic rings. The molecule has 2 aromatic rings. The van der Waals surface area contributed by atoms with Crippen LogP contribution in [-0.4, -0.2) is 12.6 Å². The molecule has 0 saturated heterocycles. The molecular weight excluding hydrogens is 270 g/mol. The Morgan fingerprint density at radius 3 is 2.85 bits per heavy atom. The second-order valence-corrected chi connectivity index (χ2v) is 5.67. The molecule has 0 saturated carbocycles. The van der Waals surface area contributed by atoms with Gasteiger partial charge in [0, 0.05) is 24.0 Å². The fourth-order valence-corrected chi connectivity index (χ4v) is 2.77. The fraction of sp³-hybridized carbons (Fsp3) is 0.294. The van der Waals surface area contributed by atoms with Crippen LogP contribution in [0.3, 0.4) is 0 Å². The van der Waals surface area contributed by atoms with Gasteiger partial charge in [-0.05, 0) is 36.2 Å². The number of hydrogen-bond donors (Lipinski definition) is 1. The number of rotatable bonds is 4. The van der Waals surface area contributed by atoms with E-state index in [-0.39, 0.29) is 6.10 Å². The topological polar surface area (TPSA) is 21.3 Å². The molecule has 2 nitrogen and oxygen atoms in total. The molecule has 0 amide bonds. The Labute approximate surface area is 124 Å². The first-order valence-electron chi connectivity index (χ1n) is 6.96. The van der Waals surface area contributed by atoms with Crippen molar-refractivity contribution in [2.75, 3.05) is 6.54 Å². The highest BCUT2D eigenvalue weighted by Gasteiger charge is 2.23. The van der Waals surface area contributed by atoms with Crippen LogP contribution in [0.4, 0.5) is 0 Å². The lowest BCUT2D eigenvalue weighted by Gasteiger charge is -2.17. The highest BCUT2D eigenvalue weighted by atomic mass is 35.5. The summed E-state index contributed by atoms with van der Waals surface area (Å²) in [5.74, 6) is 0.966. The van der Waals surface area contributed by atoms with Crippen LogP contribution in [0.1, 0.15) is 24.1 Å². The third-order valence-electron chi connectivity index (χ3n) is 3.72. The summed E-state index contributed by atoms with van der Waals surface area (Å²) in [6.07, 6.45) is 1.11. The Kier molecular flexibility index (Phi) is 3.95. The molecule has 0 aliphatic carbocycles. The van der Waals surface area contributed by atoms with Crippen LogP contribution in [-0.2, 0) is 6.42 Å². The van der Waals surface area contributed by atoms with Gasteiger partial charge >= 0.3 is 0 Å². The smallest absolute Gasteiger partial charge is 0.123 e. The molecule has 2 atom stereocenters. The van der Waals surface area contributed by atoms with Crippen LogP contribution in [0.5, 0.6) is 5.75 Å². The first kappa shape index (κ1) is 13.5. The van der Waals surface area contributed by atoms with Gasteiger partial charge in [-0.15, -0.1) is 0 Å². The molecular formula is C17H18ClNO. The number of fused-ring (bicyclic) bond motifs is 1. The molecule has 1 heterocycles. The van der Waals surface area contributed by atoms with Crippen LogP contribution >= 0.6 is 11.6 Å². The summed E-state index contributed by atoms with van der Waals surface area (Å²) in [5.41, 5.74) is 2.50. The zero-order valence-corrected chi connectivity index (χ0v) is 12.2. The van der Waals surface area contributed by atoms with Crippen LogP contribution in [0, 0.1) is 0 Å². The molecule has 2 aromatic carbocycles.